The van der Waals surface area contributed by atoms with Gasteiger partial charge in [0.2, 0.25) is 0 Å². The third kappa shape index (κ3) is 4.71. The lowest BCUT2D eigenvalue weighted by atomic mass is 10.1. The molecule has 0 aromatic heterocycles. The van der Waals surface area contributed by atoms with E-state index in [1.54, 1.807) is 18.2 Å². The van der Waals surface area contributed by atoms with Crippen LogP contribution in [-0.4, -0.2) is 37.0 Å². The number of nitrogens with zero attached hydrogens (tertiary/aromatic N) is 1. The van der Waals surface area contributed by atoms with Crippen LogP contribution < -0.4 is 11.1 Å². The number of nitrogens with two attached hydrogens (primary N) is 1. The molecule has 0 saturated carbocycles. The van der Waals surface area contributed by atoms with E-state index < -0.39 is 0 Å². The summed E-state index contributed by atoms with van der Waals surface area (Å²) in [5.41, 5.74) is 6.99. The molecule has 1 aromatic rings. The van der Waals surface area contributed by atoms with E-state index in [0.29, 0.717) is 28.2 Å². The Morgan fingerprint density at radius 3 is 2.81 bits per heavy atom. The SMILES string of the molecule is CC(CNC(=O)c1cccc(N)c1Br)CN1CCCCC1. The Hall–Kier alpha value is -1.07. The third-order valence-corrected chi connectivity index (χ3v) is 4.79. The Labute approximate surface area is 135 Å². The van der Waals surface area contributed by atoms with Crippen molar-refractivity contribution >= 4 is 27.5 Å². The van der Waals surface area contributed by atoms with Crippen LogP contribution in [0.1, 0.15) is 36.5 Å². The van der Waals surface area contributed by atoms with Gasteiger partial charge in [0.05, 0.1) is 10.0 Å². The molecule has 3 N–H and O–H groups in total. The number of likely N-dealkylation sites (tertiary alicyclic amines) is 1. The number of nitrogens with one attached hydrogen (secondary N) is 1. The fraction of sp³-hybridized carbons (Fsp3) is 0.562. The highest BCUT2D eigenvalue weighted by molar-refractivity contribution is 9.10. The molecule has 0 aliphatic carbocycles. The number of anilines is 1. The van der Waals surface area contributed by atoms with Crippen molar-refractivity contribution in [1.82, 2.24) is 10.2 Å². The zero-order chi connectivity index (χ0) is 15.2. The van der Waals surface area contributed by atoms with Crippen molar-refractivity contribution in [3.63, 3.8) is 0 Å². The fourth-order valence-electron chi connectivity index (χ4n) is 2.73. The Morgan fingerprint density at radius 1 is 1.38 bits per heavy atom. The van der Waals surface area contributed by atoms with Crippen molar-refractivity contribution in [2.75, 3.05) is 31.9 Å². The number of hydrogen-bond acceptors (Lipinski definition) is 3. The summed E-state index contributed by atoms with van der Waals surface area (Å²) in [6, 6.07) is 5.36. The van der Waals surface area contributed by atoms with Crippen LogP contribution in [0.5, 0.6) is 0 Å². The zero-order valence-corrected chi connectivity index (χ0v) is 14.2. The molecule has 1 amide bonds. The summed E-state index contributed by atoms with van der Waals surface area (Å²) < 4.78 is 0.672. The van der Waals surface area contributed by atoms with Crippen LogP contribution in [0.25, 0.3) is 0 Å². The molecule has 4 nitrogen and oxygen atoms in total. The number of hydrogen-bond donors (Lipinski definition) is 2. The van der Waals surface area contributed by atoms with Crippen LogP contribution in [0.4, 0.5) is 5.69 Å². The molecular weight excluding hydrogens is 330 g/mol. The van der Waals surface area contributed by atoms with Gasteiger partial charge in [0.1, 0.15) is 0 Å². The molecule has 0 spiro atoms. The summed E-state index contributed by atoms with van der Waals surface area (Å²) in [7, 11) is 0. The number of piperidine rings is 1. The van der Waals surface area contributed by atoms with Gasteiger partial charge in [-0.2, -0.15) is 0 Å². The van der Waals surface area contributed by atoms with Gasteiger partial charge in [-0.15, -0.1) is 0 Å². The predicted octanol–water partition coefficient (Wildman–Crippen LogP) is 2.88. The van der Waals surface area contributed by atoms with Crippen LogP contribution in [0.2, 0.25) is 0 Å². The number of nitrogen functional groups attached to an aromatic ring is 1. The van der Waals surface area contributed by atoms with Crippen LogP contribution in [0.15, 0.2) is 22.7 Å². The molecule has 1 fully saturated rings. The Morgan fingerprint density at radius 2 is 2.10 bits per heavy atom. The van der Waals surface area contributed by atoms with Gasteiger partial charge >= 0.3 is 0 Å². The fourth-order valence-corrected chi connectivity index (χ4v) is 3.18. The van der Waals surface area contributed by atoms with Crippen molar-refractivity contribution < 1.29 is 4.79 Å². The van der Waals surface area contributed by atoms with Gasteiger partial charge in [-0.25, -0.2) is 0 Å². The number of rotatable bonds is 5. The highest BCUT2D eigenvalue weighted by Crippen LogP contribution is 2.23. The molecular formula is C16H24BrN3O. The molecule has 0 bridgehead atoms. The summed E-state index contributed by atoms with van der Waals surface area (Å²) in [5.74, 6) is 0.381. The van der Waals surface area contributed by atoms with E-state index in [4.69, 9.17) is 5.73 Å². The van der Waals surface area contributed by atoms with Crippen molar-refractivity contribution in [3.05, 3.63) is 28.2 Å². The third-order valence-electron chi connectivity index (χ3n) is 3.90. The summed E-state index contributed by atoms with van der Waals surface area (Å²) in [5, 5.41) is 3.01. The second-order valence-corrected chi connectivity index (χ2v) is 6.68. The molecule has 1 aliphatic heterocycles. The van der Waals surface area contributed by atoms with E-state index >= 15 is 0 Å². The predicted molar refractivity (Wildman–Crippen MR) is 90.3 cm³/mol. The number of amides is 1. The Balaban J connectivity index is 1.81. The number of halogens is 1. The topological polar surface area (TPSA) is 58.4 Å². The maximum atomic E-state index is 12.2. The van der Waals surface area contributed by atoms with Gasteiger partial charge in [-0.3, -0.25) is 4.79 Å². The molecule has 1 heterocycles. The second kappa shape index (κ2) is 7.80. The smallest absolute Gasteiger partial charge is 0.252 e. The minimum absolute atomic E-state index is 0.0698. The van der Waals surface area contributed by atoms with E-state index in [2.05, 4.69) is 33.1 Å². The van der Waals surface area contributed by atoms with Crippen molar-refractivity contribution in [2.24, 2.45) is 5.92 Å². The van der Waals surface area contributed by atoms with Crippen molar-refractivity contribution in [1.29, 1.82) is 0 Å². The van der Waals surface area contributed by atoms with Gasteiger partial charge in [-0.1, -0.05) is 19.4 Å². The lowest BCUT2D eigenvalue weighted by Crippen LogP contribution is -2.38. The Bertz CT molecular complexity index is 486. The van der Waals surface area contributed by atoms with Crippen LogP contribution in [0.3, 0.4) is 0 Å². The van der Waals surface area contributed by atoms with E-state index in [1.165, 1.54) is 32.4 Å². The summed E-state index contributed by atoms with van der Waals surface area (Å²) in [6.45, 7) is 6.32. The molecule has 116 valence electrons. The molecule has 0 radical (unpaired) electrons. The van der Waals surface area contributed by atoms with Gasteiger partial charge in [0.15, 0.2) is 0 Å². The van der Waals surface area contributed by atoms with Crippen LogP contribution >= 0.6 is 15.9 Å². The molecule has 2 rings (SSSR count). The first kappa shape index (κ1) is 16.3. The summed E-state index contributed by atoms with van der Waals surface area (Å²) in [6.07, 6.45) is 3.95. The molecule has 1 unspecified atom stereocenters. The lowest BCUT2D eigenvalue weighted by Gasteiger charge is -2.29. The highest BCUT2D eigenvalue weighted by atomic mass is 79.9. The second-order valence-electron chi connectivity index (χ2n) is 5.89. The quantitative estimate of drug-likeness (QED) is 0.800. The monoisotopic (exact) mass is 353 g/mol. The minimum Gasteiger partial charge on any atom is -0.398 e. The zero-order valence-electron chi connectivity index (χ0n) is 12.6. The minimum atomic E-state index is -0.0698. The summed E-state index contributed by atoms with van der Waals surface area (Å²) >= 11 is 3.37. The molecule has 1 aromatic carbocycles. The van der Waals surface area contributed by atoms with Crippen molar-refractivity contribution in [2.45, 2.75) is 26.2 Å². The normalized spacial score (nSPS) is 17.4. The molecule has 1 saturated heterocycles. The van der Waals surface area contributed by atoms with E-state index in [9.17, 15) is 4.79 Å². The first-order valence-corrected chi connectivity index (χ1v) is 8.41. The number of carbonyl (C=O) groups is 1. The average Bonchev–Trinajstić information content (AvgIpc) is 2.48. The first-order chi connectivity index (χ1) is 10.1. The lowest BCUT2D eigenvalue weighted by molar-refractivity contribution is 0.0942. The highest BCUT2D eigenvalue weighted by Gasteiger charge is 2.16. The maximum Gasteiger partial charge on any atom is 0.252 e. The Kier molecular flexibility index (Phi) is 6.06. The number of carbonyl (C=O) groups excluding carboxylic acids is 1. The largest absolute Gasteiger partial charge is 0.398 e. The van der Waals surface area contributed by atoms with Crippen LogP contribution in [0, 0.1) is 5.92 Å². The molecule has 1 aliphatic rings. The van der Waals surface area contributed by atoms with E-state index in [0.717, 1.165) is 6.54 Å². The van der Waals surface area contributed by atoms with Crippen LogP contribution in [-0.2, 0) is 0 Å². The van der Waals surface area contributed by atoms with Gasteiger partial charge in [-0.05, 0) is 59.9 Å². The van der Waals surface area contributed by atoms with Crippen molar-refractivity contribution in [3.8, 4) is 0 Å². The molecule has 5 heteroatoms. The average molecular weight is 354 g/mol. The van der Waals surface area contributed by atoms with Gasteiger partial charge in [0, 0.05) is 18.8 Å². The standard InChI is InChI=1S/C16H24BrN3O/c1-12(11-20-8-3-2-4-9-20)10-19-16(21)13-6-5-7-14(18)15(13)17/h5-7,12H,2-4,8-11,18H2,1H3,(H,19,21). The van der Waals surface area contributed by atoms with Gasteiger partial charge < -0.3 is 16.0 Å². The maximum absolute atomic E-state index is 12.2. The van der Waals surface area contributed by atoms with E-state index in [-0.39, 0.29) is 5.91 Å². The molecule has 21 heavy (non-hydrogen) atoms. The summed E-state index contributed by atoms with van der Waals surface area (Å²) in [4.78, 5) is 14.7. The molecule has 1 atom stereocenters. The van der Waals surface area contributed by atoms with Gasteiger partial charge in [0.25, 0.3) is 5.91 Å². The first-order valence-electron chi connectivity index (χ1n) is 7.62. The number of benzene rings is 1. The van der Waals surface area contributed by atoms with E-state index in [1.807, 2.05) is 0 Å².